The van der Waals surface area contributed by atoms with Gasteiger partial charge in [-0.15, -0.1) is 0 Å². The van der Waals surface area contributed by atoms with Gasteiger partial charge in [-0.3, -0.25) is 4.79 Å². The SMILES string of the molecule is NCc1nc(NCC(N)=O)no1. The molecule has 12 heavy (non-hydrogen) atoms. The zero-order chi connectivity index (χ0) is 8.97. The van der Waals surface area contributed by atoms with Crippen LogP contribution >= 0.6 is 0 Å². The van der Waals surface area contributed by atoms with Crippen molar-refractivity contribution in [3.63, 3.8) is 0 Å². The van der Waals surface area contributed by atoms with Crippen molar-refractivity contribution in [3.05, 3.63) is 5.89 Å². The second-order valence-electron chi connectivity index (χ2n) is 2.04. The summed E-state index contributed by atoms with van der Waals surface area (Å²) in [6, 6.07) is 0. The highest BCUT2D eigenvalue weighted by atomic mass is 16.5. The number of aromatic nitrogens is 2. The van der Waals surface area contributed by atoms with Crippen LogP contribution in [0.15, 0.2) is 4.52 Å². The molecule has 5 N–H and O–H groups in total. The second kappa shape index (κ2) is 3.67. The van der Waals surface area contributed by atoms with Crippen molar-refractivity contribution >= 4 is 11.9 Å². The first kappa shape index (κ1) is 8.47. The van der Waals surface area contributed by atoms with Crippen molar-refractivity contribution in [2.75, 3.05) is 11.9 Å². The summed E-state index contributed by atoms with van der Waals surface area (Å²) < 4.78 is 4.65. The number of nitrogens with zero attached hydrogens (tertiary/aromatic N) is 2. The zero-order valence-electron chi connectivity index (χ0n) is 6.28. The molecule has 0 atom stereocenters. The Labute approximate surface area is 68.1 Å². The molecule has 0 saturated carbocycles. The molecule has 0 aromatic carbocycles. The Bertz CT molecular complexity index is 271. The predicted octanol–water partition coefficient (Wildman–Crippen LogP) is -1.57. The molecule has 0 spiro atoms. The monoisotopic (exact) mass is 171 g/mol. The van der Waals surface area contributed by atoms with Gasteiger partial charge >= 0.3 is 0 Å². The van der Waals surface area contributed by atoms with Gasteiger partial charge in [-0.1, -0.05) is 0 Å². The topological polar surface area (TPSA) is 120 Å². The third-order valence-electron chi connectivity index (χ3n) is 1.06. The summed E-state index contributed by atoms with van der Waals surface area (Å²) in [7, 11) is 0. The van der Waals surface area contributed by atoms with Crippen LogP contribution < -0.4 is 16.8 Å². The van der Waals surface area contributed by atoms with Crippen LogP contribution in [-0.2, 0) is 11.3 Å². The van der Waals surface area contributed by atoms with Crippen molar-refractivity contribution < 1.29 is 9.32 Å². The lowest BCUT2D eigenvalue weighted by Crippen LogP contribution is -2.22. The lowest BCUT2D eigenvalue weighted by molar-refractivity contribution is -0.116. The van der Waals surface area contributed by atoms with Crippen LogP contribution in [0.1, 0.15) is 5.89 Å². The number of nitrogens with one attached hydrogen (secondary N) is 1. The van der Waals surface area contributed by atoms with Gasteiger partial charge in [0.2, 0.25) is 11.8 Å². The number of hydrogen-bond acceptors (Lipinski definition) is 6. The van der Waals surface area contributed by atoms with Crippen LogP contribution in [0, 0.1) is 0 Å². The minimum atomic E-state index is -0.492. The first-order valence-electron chi connectivity index (χ1n) is 3.27. The largest absolute Gasteiger partial charge is 0.368 e. The number of rotatable bonds is 4. The summed E-state index contributed by atoms with van der Waals surface area (Å²) in [4.78, 5) is 14.1. The minimum Gasteiger partial charge on any atom is -0.368 e. The van der Waals surface area contributed by atoms with Crippen LogP contribution in [-0.4, -0.2) is 22.6 Å². The van der Waals surface area contributed by atoms with E-state index < -0.39 is 5.91 Å². The molecule has 1 aromatic heterocycles. The Morgan fingerprint density at radius 1 is 1.67 bits per heavy atom. The van der Waals surface area contributed by atoms with Gasteiger partial charge in [0, 0.05) is 0 Å². The normalized spacial score (nSPS) is 9.75. The number of carbonyl (C=O) groups excluding carboxylic acids is 1. The second-order valence-corrected chi connectivity index (χ2v) is 2.04. The van der Waals surface area contributed by atoms with Crippen LogP contribution in [0.2, 0.25) is 0 Å². The maximum Gasteiger partial charge on any atom is 0.263 e. The summed E-state index contributed by atoms with van der Waals surface area (Å²) in [5, 5.41) is 6.03. The molecule has 0 saturated heterocycles. The van der Waals surface area contributed by atoms with Crippen LogP contribution in [0.4, 0.5) is 5.95 Å². The molecule has 1 rings (SSSR count). The van der Waals surface area contributed by atoms with Crippen molar-refractivity contribution in [2.24, 2.45) is 11.5 Å². The lowest BCUT2D eigenvalue weighted by atomic mass is 10.6. The Kier molecular flexibility index (Phi) is 2.59. The van der Waals surface area contributed by atoms with E-state index in [0.29, 0.717) is 5.89 Å². The number of hydrogen-bond donors (Lipinski definition) is 3. The quantitative estimate of drug-likeness (QED) is 0.503. The Hall–Kier alpha value is -1.63. The molecule has 7 nitrogen and oxygen atoms in total. The van der Waals surface area contributed by atoms with Gasteiger partial charge in [0.25, 0.3) is 5.95 Å². The molecule has 0 fully saturated rings. The van der Waals surface area contributed by atoms with Crippen molar-refractivity contribution in [3.8, 4) is 0 Å². The summed E-state index contributed by atoms with van der Waals surface area (Å²) in [6.45, 7) is 0.148. The van der Waals surface area contributed by atoms with E-state index >= 15 is 0 Å². The molecular formula is C5H9N5O2. The molecule has 0 unspecified atom stereocenters. The van der Waals surface area contributed by atoms with Gasteiger partial charge in [-0.25, -0.2) is 0 Å². The van der Waals surface area contributed by atoms with E-state index in [1.165, 1.54) is 0 Å². The van der Waals surface area contributed by atoms with Crippen LogP contribution in [0.25, 0.3) is 0 Å². The molecule has 7 heteroatoms. The Morgan fingerprint density at radius 3 is 2.92 bits per heavy atom. The van der Waals surface area contributed by atoms with E-state index in [9.17, 15) is 4.79 Å². The van der Waals surface area contributed by atoms with Gasteiger partial charge < -0.3 is 21.3 Å². The van der Waals surface area contributed by atoms with Crippen molar-refractivity contribution in [1.29, 1.82) is 0 Å². The number of nitrogens with two attached hydrogens (primary N) is 2. The van der Waals surface area contributed by atoms with Crippen molar-refractivity contribution in [1.82, 2.24) is 10.1 Å². The molecule has 0 aliphatic rings. The molecule has 1 heterocycles. The van der Waals surface area contributed by atoms with E-state index in [-0.39, 0.29) is 19.0 Å². The number of anilines is 1. The van der Waals surface area contributed by atoms with Gasteiger partial charge in [0.15, 0.2) is 0 Å². The average Bonchev–Trinajstić information content (AvgIpc) is 2.48. The summed E-state index contributed by atoms with van der Waals surface area (Å²) >= 11 is 0. The minimum absolute atomic E-state index is 0.0243. The first-order chi connectivity index (χ1) is 5.72. The summed E-state index contributed by atoms with van der Waals surface area (Å²) in [6.07, 6.45) is 0. The average molecular weight is 171 g/mol. The highest BCUT2D eigenvalue weighted by Gasteiger charge is 2.03. The van der Waals surface area contributed by atoms with Crippen molar-refractivity contribution in [2.45, 2.75) is 6.54 Å². The van der Waals surface area contributed by atoms with E-state index in [1.807, 2.05) is 0 Å². The number of carbonyl (C=O) groups is 1. The van der Waals surface area contributed by atoms with Crippen LogP contribution in [0.5, 0.6) is 0 Å². The molecule has 1 aromatic rings. The van der Waals surface area contributed by atoms with E-state index in [0.717, 1.165) is 0 Å². The van der Waals surface area contributed by atoms with Gasteiger partial charge in [-0.05, 0) is 5.16 Å². The molecule has 0 aliphatic heterocycles. The fourth-order valence-corrected chi connectivity index (χ4v) is 0.576. The predicted molar refractivity (Wildman–Crippen MR) is 39.9 cm³/mol. The Balaban J connectivity index is 2.47. The summed E-state index contributed by atoms with van der Waals surface area (Å²) in [5.41, 5.74) is 10.1. The number of amides is 1. The van der Waals surface area contributed by atoms with E-state index in [4.69, 9.17) is 11.5 Å². The molecule has 0 bridgehead atoms. The molecular weight excluding hydrogens is 162 g/mol. The van der Waals surface area contributed by atoms with E-state index in [1.54, 1.807) is 0 Å². The fraction of sp³-hybridized carbons (Fsp3) is 0.400. The summed E-state index contributed by atoms with van der Waals surface area (Å²) in [5.74, 6) is 0.0327. The first-order valence-corrected chi connectivity index (χ1v) is 3.27. The maximum atomic E-state index is 10.3. The molecule has 0 aliphatic carbocycles. The molecule has 66 valence electrons. The highest BCUT2D eigenvalue weighted by Crippen LogP contribution is 1.99. The molecule has 0 radical (unpaired) electrons. The number of primary amides is 1. The highest BCUT2D eigenvalue weighted by molar-refractivity contribution is 5.78. The smallest absolute Gasteiger partial charge is 0.263 e. The molecule has 1 amide bonds. The van der Waals surface area contributed by atoms with Gasteiger partial charge in [-0.2, -0.15) is 4.98 Å². The third-order valence-corrected chi connectivity index (χ3v) is 1.06. The standard InChI is InChI=1S/C5H9N5O2/c6-1-4-9-5(10-12-4)8-2-3(7)11/h1-2,6H2,(H2,7,11)(H,8,10). The lowest BCUT2D eigenvalue weighted by Gasteiger charge is -1.93. The fourth-order valence-electron chi connectivity index (χ4n) is 0.576. The maximum absolute atomic E-state index is 10.3. The third kappa shape index (κ3) is 2.20. The van der Waals surface area contributed by atoms with Gasteiger partial charge in [0.05, 0.1) is 13.1 Å². The zero-order valence-corrected chi connectivity index (χ0v) is 6.28. The Morgan fingerprint density at radius 2 is 2.42 bits per heavy atom. The van der Waals surface area contributed by atoms with Crippen LogP contribution in [0.3, 0.4) is 0 Å². The van der Waals surface area contributed by atoms with E-state index in [2.05, 4.69) is 20.0 Å². The van der Waals surface area contributed by atoms with Gasteiger partial charge in [0.1, 0.15) is 0 Å².